The molecule has 2 aromatic rings. The zero-order valence-corrected chi connectivity index (χ0v) is 10.7. The van der Waals surface area contributed by atoms with Gasteiger partial charge in [-0.3, -0.25) is 4.79 Å². The van der Waals surface area contributed by atoms with Crippen LogP contribution in [0.15, 0.2) is 41.1 Å². The first kappa shape index (κ1) is 12.2. The van der Waals surface area contributed by atoms with Gasteiger partial charge in [0.15, 0.2) is 0 Å². The Balaban J connectivity index is 2.12. The van der Waals surface area contributed by atoms with E-state index in [4.69, 9.17) is 5.26 Å². The number of nitriles is 1. The Labute approximate surface area is 112 Å². The molecule has 0 fully saturated rings. The van der Waals surface area contributed by atoms with Crippen molar-refractivity contribution in [3.05, 3.63) is 52.4 Å². The molecule has 0 saturated heterocycles. The molecule has 2 aromatic heterocycles. The van der Waals surface area contributed by atoms with Gasteiger partial charge in [-0.05, 0) is 40.2 Å². The predicted octanol–water partition coefficient (Wildman–Crippen LogP) is 2.36. The largest absolute Gasteiger partial charge is 0.305 e. The Morgan fingerprint density at radius 3 is 2.61 bits per heavy atom. The summed E-state index contributed by atoms with van der Waals surface area (Å²) in [7, 11) is 0. The molecule has 0 radical (unpaired) electrons. The molecule has 2 heterocycles. The number of aromatic nitrogens is 2. The number of hydrogen-bond donors (Lipinski definition) is 1. The van der Waals surface area contributed by atoms with Crippen LogP contribution in [0, 0.1) is 11.3 Å². The number of carbonyl (C=O) groups is 1. The van der Waals surface area contributed by atoms with E-state index in [2.05, 4.69) is 31.2 Å². The average molecular weight is 303 g/mol. The van der Waals surface area contributed by atoms with E-state index in [1.54, 1.807) is 18.3 Å². The Bertz CT molecular complexity index is 601. The van der Waals surface area contributed by atoms with E-state index in [1.807, 2.05) is 6.07 Å². The normalized spacial score (nSPS) is 9.56. The minimum atomic E-state index is -0.366. The maximum absolute atomic E-state index is 11.8. The van der Waals surface area contributed by atoms with Gasteiger partial charge in [0.1, 0.15) is 17.6 Å². The van der Waals surface area contributed by atoms with Crippen LogP contribution in [-0.2, 0) is 0 Å². The van der Waals surface area contributed by atoms with Crippen LogP contribution in [-0.4, -0.2) is 15.9 Å². The van der Waals surface area contributed by atoms with Gasteiger partial charge in [-0.2, -0.15) is 5.26 Å². The van der Waals surface area contributed by atoms with Crippen LogP contribution < -0.4 is 5.32 Å². The highest BCUT2D eigenvalue weighted by Crippen LogP contribution is 2.11. The summed E-state index contributed by atoms with van der Waals surface area (Å²) in [6.45, 7) is 0. The fourth-order valence-corrected chi connectivity index (χ4v) is 1.46. The molecule has 0 atom stereocenters. The molecule has 6 heteroatoms. The van der Waals surface area contributed by atoms with E-state index in [0.29, 0.717) is 11.4 Å². The van der Waals surface area contributed by atoms with Gasteiger partial charge in [-0.15, -0.1) is 0 Å². The first-order valence-corrected chi connectivity index (χ1v) is 5.77. The minimum absolute atomic E-state index is 0.235. The Hall–Kier alpha value is -2.26. The highest BCUT2D eigenvalue weighted by atomic mass is 79.9. The predicted molar refractivity (Wildman–Crippen MR) is 68.8 cm³/mol. The van der Waals surface area contributed by atoms with Crippen LogP contribution >= 0.6 is 15.9 Å². The van der Waals surface area contributed by atoms with Gasteiger partial charge in [-0.25, -0.2) is 9.97 Å². The van der Waals surface area contributed by atoms with E-state index in [9.17, 15) is 4.79 Å². The van der Waals surface area contributed by atoms with Crippen molar-refractivity contribution in [2.75, 3.05) is 5.32 Å². The first-order valence-electron chi connectivity index (χ1n) is 4.98. The summed E-state index contributed by atoms with van der Waals surface area (Å²) in [6.07, 6.45) is 2.94. The maximum Gasteiger partial charge on any atom is 0.275 e. The molecule has 2 rings (SSSR count). The Kier molecular flexibility index (Phi) is 3.65. The van der Waals surface area contributed by atoms with E-state index in [0.717, 1.165) is 4.47 Å². The van der Waals surface area contributed by atoms with Gasteiger partial charge < -0.3 is 5.32 Å². The fraction of sp³-hybridized carbons (Fsp3) is 0. The number of hydrogen-bond acceptors (Lipinski definition) is 4. The van der Waals surface area contributed by atoms with Crippen molar-refractivity contribution >= 4 is 27.7 Å². The number of pyridine rings is 2. The van der Waals surface area contributed by atoms with Crippen molar-refractivity contribution < 1.29 is 4.79 Å². The van der Waals surface area contributed by atoms with E-state index in [1.165, 1.54) is 18.3 Å². The van der Waals surface area contributed by atoms with Gasteiger partial charge in [0.2, 0.25) is 0 Å². The summed E-state index contributed by atoms with van der Waals surface area (Å²) in [5.41, 5.74) is 0.645. The second kappa shape index (κ2) is 5.38. The molecule has 18 heavy (non-hydrogen) atoms. The van der Waals surface area contributed by atoms with Crippen LogP contribution in [0.5, 0.6) is 0 Å². The molecular formula is C12H7BrN4O. The van der Waals surface area contributed by atoms with Crippen molar-refractivity contribution in [1.82, 2.24) is 9.97 Å². The quantitative estimate of drug-likeness (QED) is 0.923. The van der Waals surface area contributed by atoms with Gasteiger partial charge in [-0.1, -0.05) is 0 Å². The summed E-state index contributed by atoms with van der Waals surface area (Å²) >= 11 is 3.25. The molecule has 0 spiro atoms. The second-order valence-corrected chi connectivity index (χ2v) is 4.28. The van der Waals surface area contributed by atoms with E-state index < -0.39 is 0 Å². The number of nitrogens with zero attached hydrogens (tertiary/aromatic N) is 3. The molecule has 1 amide bonds. The lowest BCUT2D eigenvalue weighted by atomic mass is 10.2. The fourth-order valence-electron chi connectivity index (χ4n) is 1.22. The second-order valence-electron chi connectivity index (χ2n) is 3.36. The third-order valence-corrected chi connectivity index (χ3v) is 2.56. The smallest absolute Gasteiger partial charge is 0.275 e. The molecule has 1 N–H and O–H groups in total. The number of carbonyl (C=O) groups excluding carboxylic acids is 1. The molecular weight excluding hydrogens is 296 g/mol. The molecule has 0 unspecified atom stereocenters. The molecule has 0 aliphatic carbocycles. The molecule has 88 valence electrons. The van der Waals surface area contributed by atoms with Crippen LogP contribution in [0.2, 0.25) is 0 Å². The molecule has 5 nitrogen and oxygen atoms in total. The molecule has 0 aromatic carbocycles. The summed E-state index contributed by atoms with van der Waals surface area (Å²) in [4.78, 5) is 19.7. The number of rotatable bonds is 2. The lowest BCUT2D eigenvalue weighted by molar-refractivity contribution is 0.102. The summed E-state index contributed by atoms with van der Waals surface area (Å²) < 4.78 is 0.831. The van der Waals surface area contributed by atoms with Gasteiger partial charge >= 0.3 is 0 Å². The lowest BCUT2D eigenvalue weighted by Crippen LogP contribution is -2.14. The van der Waals surface area contributed by atoms with Gasteiger partial charge in [0, 0.05) is 16.9 Å². The monoisotopic (exact) mass is 302 g/mol. The zero-order valence-electron chi connectivity index (χ0n) is 9.09. The van der Waals surface area contributed by atoms with Gasteiger partial charge in [0.05, 0.1) is 5.56 Å². The van der Waals surface area contributed by atoms with Crippen LogP contribution in [0.25, 0.3) is 0 Å². The van der Waals surface area contributed by atoms with Crippen molar-refractivity contribution in [3.63, 3.8) is 0 Å². The summed E-state index contributed by atoms with van der Waals surface area (Å²) in [5, 5.41) is 11.2. The first-order chi connectivity index (χ1) is 8.69. The molecule has 0 saturated carbocycles. The van der Waals surface area contributed by atoms with Crippen LogP contribution in [0.3, 0.4) is 0 Å². The van der Waals surface area contributed by atoms with Crippen LogP contribution in [0.4, 0.5) is 5.82 Å². The summed E-state index contributed by atoms with van der Waals surface area (Å²) in [6, 6.07) is 8.41. The van der Waals surface area contributed by atoms with Crippen LogP contribution in [0.1, 0.15) is 16.1 Å². The van der Waals surface area contributed by atoms with Gasteiger partial charge in [0.25, 0.3) is 5.91 Å². The van der Waals surface area contributed by atoms with Crippen molar-refractivity contribution in [2.24, 2.45) is 0 Å². The molecule has 0 aliphatic rings. The van der Waals surface area contributed by atoms with Crippen molar-refractivity contribution in [2.45, 2.75) is 0 Å². The maximum atomic E-state index is 11.8. The Morgan fingerprint density at radius 1 is 1.22 bits per heavy atom. The standard InChI is InChI=1S/C12H7BrN4O/c13-9-2-4-11(16-7-9)17-12(18)10-3-1-8(5-14)6-15-10/h1-4,6-7H,(H,16,17,18). The third kappa shape index (κ3) is 2.90. The summed E-state index contributed by atoms with van der Waals surface area (Å²) in [5.74, 6) is 0.0728. The lowest BCUT2D eigenvalue weighted by Gasteiger charge is -2.03. The van der Waals surface area contributed by atoms with E-state index >= 15 is 0 Å². The zero-order chi connectivity index (χ0) is 13.0. The number of anilines is 1. The third-order valence-electron chi connectivity index (χ3n) is 2.09. The van der Waals surface area contributed by atoms with Crippen molar-refractivity contribution in [3.8, 4) is 6.07 Å². The highest BCUT2D eigenvalue weighted by molar-refractivity contribution is 9.10. The number of amides is 1. The SMILES string of the molecule is N#Cc1ccc(C(=O)Nc2ccc(Br)cn2)nc1. The average Bonchev–Trinajstić information content (AvgIpc) is 2.41. The van der Waals surface area contributed by atoms with Crippen molar-refractivity contribution in [1.29, 1.82) is 5.26 Å². The number of nitrogens with one attached hydrogen (secondary N) is 1. The number of halogens is 1. The minimum Gasteiger partial charge on any atom is -0.305 e. The Morgan fingerprint density at radius 2 is 2.06 bits per heavy atom. The topological polar surface area (TPSA) is 78.7 Å². The van der Waals surface area contributed by atoms with E-state index in [-0.39, 0.29) is 11.6 Å². The molecule has 0 aliphatic heterocycles. The highest BCUT2D eigenvalue weighted by Gasteiger charge is 2.08. The molecule has 0 bridgehead atoms.